The fraction of sp³-hybridized carbons (Fsp3) is 0.250. The Morgan fingerprint density at radius 2 is 2.00 bits per heavy atom. The average Bonchev–Trinajstić information content (AvgIpc) is 2.89. The quantitative estimate of drug-likeness (QED) is 0.927. The molecule has 0 aliphatic carbocycles. The van der Waals surface area contributed by atoms with Gasteiger partial charge in [0, 0.05) is 23.4 Å². The van der Waals surface area contributed by atoms with E-state index in [9.17, 15) is 5.11 Å². The van der Waals surface area contributed by atoms with Gasteiger partial charge >= 0.3 is 0 Å². The highest BCUT2D eigenvalue weighted by atomic mass is 35.5. The second-order valence-electron chi connectivity index (χ2n) is 4.75. The van der Waals surface area contributed by atoms with E-state index in [2.05, 4.69) is 0 Å². The predicted octanol–water partition coefficient (Wildman–Crippen LogP) is 3.55. The second kappa shape index (κ2) is 5.24. The lowest BCUT2D eigenvalue weighted by molar-refractivity contribution is 0.173. The van der Waals surface area contributed by atoms with E-state index in [0.29, 0.717) is 18.1 Å². The standard InChI is InChI=1S/C16H15ClO2/c17-14-7-2-1-4-12(14)10-15(18)13-6-3-5-11-8-9-19-16(11)13/h1-7,15,18H,8-10H2. The van der Waals surface area contributed by atoms with E-state index >= 15 is 0 Å². The van der Waals surface area contributed by atoms with Crippen molar-refractivity contribution >= 4 is 11.6 Å². The number of rotatable bonds is 3. The van der Waals surface area contributed by atoms with Crippen LogP contribution in [0.15, 0.2) is 42.5 Å². The van der Waals surface area contributed by atoms with Crippen LogP contribution in [0.2, 0.25) is 5.02 Å². The van der Waals surface area contributed by atoms with Gasteiger partial charge in [-0.15, -0.1) is 0 Å². The van der Waals surface area contributed by atoms with Crippen molar-refractivity contribution in [3.8, 4) is 5.75 Å². The number of hydrogen-bond donors (Lipinski definition) is 1. The monoisotopic (exact) mass is 274 g/mol. The molecule has 0 fully saturated rings. The van der Waals surface area contributed by atoms with E-state index in [1.807, 2.05) is 42.5 Å². The third kappa shape index (κ3) is 2.46. The van der Waals surface area contributed by atoms with Gasteiger partial charge in [0.2, 0.25) is 0 Å². The predicted molar refractivity (Wildman–Crippen MR) is 75.8 cm³/mol. The Morgan fingerprint density at radius 3 is 2.84 bits per heavy atom. The van der Waals surface area contributed by atoms with E-state index in [1.165, 1.54) is 5.56 Å². The van der Waals surface area contributed by atoms with Gasteiger partial charge in [-0.05, 0) is 17.2 Å². The normalized spacial score (nSPS) is 14.8. The van der Waals surface area contributed by atoms with Gasteiger partial charge in [0.1, 0.15) is 5.75 Å². The largest absolute Gasteiger partial charge is 0.493 e. The summed E-state index contributed by atoms with van der Waals surface area (Å²) in [7, 11) is 0. The molecule has 3 rings (SSSR count). The molecule has 0 bridgehead atoms. The van der Waals surface area contributed by atoms with E-state index in [0.717, 1.165) is 23.3 Å². The number of fused-ring (bicyclic) bond motifs is 1. The minimum atomic E-state index is -0.590. The summed E-state index contributed by atoms with van der Waals surface area (Å²) >= 11 is 6.13. The summed E-state index contributed by atoms with van der Waals surface area (Å²) in [6, 6.07) is 13.5. The van der Waals surface area contributed by atoms with E-state index in [-0.39, 0.29) is 0 Å². The van der Waals surface area contributed by atoms with Crippen LogP contribution in [-0.4, -0.2) is 11.7 Å². The topological polar surface area (TPSA) is 29.5 Å². The maximum absolute atomic E-state index is 10.4. The smallest absolute Gasteiger partial charge is 0.128 e. The SMILES string of the molecule is OC(Cc1ccccc1Cl)c1cccc2c1OCC2. The molecule has 1 atom stereocenters. The molecule has 1 aliphatic heterocycles. The first-order valence-electron chi connectivity index (χ1n) is 6.42. The van der Waals surface area contributed by atoms with Crippen LogP contribution < -0.4 is 4.74 Å². The number of aliphatic hydroxyl groups excluding tert-OH is 1. The first-order valence-corrected chi connectivity index (χ1v) is 6.79. The molecule has 1 aliphatic rings. The van der Waals surface area contributed by atoms with Gasteiger partial charge in [-0.3, -0.25) is 0 Å². The molecule has 0 spiro atoms. The van der Waals surface area contributed by atoms with Gasteiger partial charge in [-0.25, -0.2) is 0 Å². The van der Waals surface area contributed by atoms with Gasteiger partial charge < -0.3 is 9.84 Å². The molecule has 1 heterocycles. The Morgan fingerprint density at radius 1 is 1.16 bits per heavy atom. The van der Waals surface area contributed by atoms with Crippen molar-refractivity contribution in [1.82, 2.24) is 0 Å². The highest BCUT2D eigenvalue weighted by molar-refractivity contribution is 6.31. The number of para-hydroxylation sites is 1. The van der Waals surface area contributed by atoms with Gasteiger partial charge in [-0.2, -0.15) is 0 Å². The molecule has 98 valence electrons. The van der Waals surface area contributed by atoms with Crippen molar-refractivity contribution in [3.63, 3.8) is 0 Å². The first kappa shape index (κ1) is 12.5. The third-order valence-electron chi connectivity index (χ3n) is 3.47. The molecule has 0 aromatic heterocycles. The lowest BCUT2D eigenvalue weighted by atomic mass is 9.98. The molecule has 2 aromatic carbocycles. The molecule has 0 radical (unpaired) electrons. The summed E-state index contributed by atoms with van der Waals surface area (Å²) in [6.45, 7) is 0.700. The Labute approximate surface area is 117 Å². The van der Waals surface area contributed by atoms with Gasteiger partial charge in [0.25, 0.3) is 0 Å². The van der Waals surface area contributed by atoms with Gasteiger partial charge in [0.15, 0.2) is 0 Å². The fourth-order valence-corrected chi connectivity index (χ4v) is 2.70. The van der Waals surface area contributed by atoms with E-state index in [1.54, 1.807) is 0 Å². The highest BCUT2D eigenvalue weighted by Gasteiger charge is 2.21. The maximum Gasteiger partial charge on any atom is 0.128 e. The van der Waals surface area contributed by atoms with Crippen molar-refractivity contribution in [2.45, 2.75) is 18.9 Å². The fourth-order valence-electron chi connectivity index (χ4n) is 2.49. The van der Waals surface area contributed by atoms with Crippen molar-refractivity contribution in [2.24, 2.45) is 0 Å². The summed E-state index contributed by atoms with van der Waals surface area (Å²) in [5, 5.41) is 11.1. The molecule has 1 N–H and O–H groups in total. The Bertz CT molecular complexity index is 595. The zero-order valence-corrected chi connectivity index (χ0v) is 11.2. The van der Waals surface area contributed by atoms with E-state index in [4.69, 9.17) is 16.3 Å². The summed E-state index contributed by atoms with van der Waals surface area (Å²) in [6.07, 6.45) is 0.828. The van der Waals surface area contributed by atoms with E-state index < -0.39 is 6.10 Å². The molecule has 2 aromatic rings. The second-order valence-corrected chi connectivity index (χ2v) is 5.15. The van der Waals surface area contributed by atoms with Crippen LogP contribution >= 0.6 is 11.6 Å². The molecular formula is C16H15ClO2. The zero-order chi connectivity index (χ0) is 13.2. The molecule has 19 heavy (non-hydrogen) atoms. The number of halogens is 1. The Kier molecular flexibility index (Phi) is 3.45. The van der Waals surface area contributed by atoms with Crippen molar-refractivity contribution < 1.29 is 9.84 Å². The molecule has 0 saturated carbocycles. The number of aliphatic hydroxyl groups is 1. The molecular weight excluding hydrogens is 260 g/mol. The third-order valence-corrected chi connectivity index (χ3v) is 3.84. The van der Waals surface area contributed by atoms with Crippen LogP contribution in [0.5, 0.6) is 5.75 Å². The average molecular weight is 275 g/mol. The van der Waals surface area contributed by atoms with Crippen molar-refractivity contribution in [2.75, 3.05) is 6.61 Å². The van der Waals surface area contributed by atoms with Crippen LogP contribution in [-0.2, 0) is 12.8 Å². The maximum atomic E-state index is 10.4. The van der Waals surface area contributed by atoms with Gasteiger partial charge in [-0.1, -0.05) is 48.0 Å². The van der Waals surface area contributed by atoms with Crippen LogP contribution in [0.25, 0.3) is 0 Å². The summed E-state index contributed by atoms with van der Waals surface area (Å²) in [5.74, 6) is 0.849. The number of ether oxygens (including phenoxy) is 1. The lowest BCUT2D eigenvalue weighted by Gasteiger charge is -2.15. The minimum Gasteiger partial charge on any atom is -0.493 e. The number of benzene rings is 2. The summed E-state index contributed by atoms with van der Waals surface area (Å²) in [5.41, 5.74) is 2.98. The minimum absolute atomic E-state index is 0.499. The summed E-state index contributed by atoms with van der Waals surface area (Å²) in [4.78, 5) is 0. The first-order chi connectivity index (χ1) is 9.25. The van der Waals surface area contributed by atoms with Crippen LogP contribution in [0, 0.1) is 0 Å². The summed E-state index contributed by atoms with van der Waals surface area (Å²) < 4.78 is 5.63. The van der Waals surface area contributed by atoms with Crippen molar-refractivity contribution in [1.29, 1.82) is 0 Å². The zero-order valence-electron chi connectivity index (χ0n) is 10.5. The van der Waals surface area contributed by atoms with Crippen LogP contribution in [0.1, 0.15) is 22.8 Å². The highest BCUT2D eigenvalue weighted by Crippen LogP contribution is 2.35. The van der Waals surface area contributed by atoms with Crippen molar-refractivity contribution in [3.05, 3.63) is 64.2 Å². The molecule has 0 saturated heterocycles. The van der Waals surface area contributed by atoms with Crippen LogP contribution in [0.3, 0.4) is 0 Å². The molecule has 2 nitrogen and oxygen atoms in total. The molecule has 3 heteroatoms. The Hall–Kier alpha value is -1.51. The Balaban J connectivity index is 1.87. The molecule has 1 unspecified atom stereocenters. The van der Waals surface area contributed by atoms with Crippen LogP contribution in [0.4, 0.5) is 0 Å². The number of hydrogen-bond acceptors (Lipinski definition) is 2. The van der Waals surface area contributed by atoms with Gasteiger partial charge in [0.05, 0.1) is 12.7 Å². The molecule has 0 amide bonds. The lowest BCUT2D eigenvalue weighted by Crippen LogP contribution is -2.04.